The minimum absolute atomic E-state index is 0.162. The molecule has 20 heavy (non-hydrogen) atoms. The van der Waals surface area contributed by atoms with Crippen molar-refractivity contribution in [2.75, 3.05) is 20.6 Å². The summed E-state index contributed by atoms with van der Waals surface area (Å²) >= 11 is 6.34. The topological polar surface area (TPSA) is 15.3 Å². The van der Waals surface area contributed by atoms with Crippen LogP contribution >= 0.6 is 11.6 Å². The second kappa shape index (κ2) is 8.02. The van der Waals surface area contributed by atoms with Crippen LogP contribution in [0, 0.1) is 0 Å². The van der Waals surface area contributed by atoms with Gasteiger partial charge in [0, 0.05) is 16.6 Å². The van der Waals surface area contributed by atoms with Gasteiger partial charge in [0.05, 0.1) is 0 Å². The van der Waals surface area contributed by atoms with Gasteiger partial charge in [-0.3, -0.25) is 0 Å². The molecular formula is C17H29ClN2. The Morgan fingerprint density at radius 1 is 1.15 bits per heavy atom. The van der Waals surface area contributed by atoms with Gasteiger partial charge in [-0.15, -0.1) is 0 Å². The van der Waals surface area contributed by atoms with Gasteiger partial charge in [-0.05, 0) is 51.5 Å². The van der Waals surface area contributed by atoms with E-state index in [0.29, 0.717) is 6.04 Å². The molecule has 0 radical (unpaired) electrons. The molecule has 1 rings (SSSR count). The van der Waals surface area contributed by atoms with Gasteiger partial charge < -0.3 is 10.2 Å². The smallest absolute Gasteiger partial charge is 0.0438 e. The van der Waals surface area contributed by atoms with Crippen LogP contribution in [0.5, 0.6) is 0 Å². The average Bonchev–Trinajstić information content (AvgIpc) is 2.43. The molecule has 0 aliphatic rings. The molecule has 0 aromatic heterocycles. The van der Waals surface area contributed by atoms with Gasteiger partial charge in [0.2, 0.25) is 0 Å². The van der Waals surface area contributed by atoms with E-state index in [0.717, 1.165) is 30.8 Å². The third-order valence-corrected chi connectivity index (χ3v) is 4.96. The first-order valence-corrected chi connectivity index (χ1v) is 8.03. The van der Waals surface area contributed by atoms with E-state index < -0.39 is 0 Å². The summed E-state index contributed by atoms with van der Waals surface area (Å²) in [4.78, 5) is 2.37. The Morgan fingerprint density at radius 2 is 1.75 bits per heavy atom. The van der Waals surface area contributed by atoms with Crippen LogP contribution in [0.2, 0.25) is 5.02 Å². The second-order valence-corrected chi connectivity index (χ2v) is 6.02. The number of nitrogens with zero attached hydrogens (tertiary/aromatic N) is 1. The van der Waals surface area contributed by atoms with E-state index in [9.17, 15) is 0 Å². The van der Waals surface area contributed by atoms with Crippen molar-refractivity contribution in [3.8, 4) is 0 Å². The Kier molecular flexibility index (Phi) is 7.01. The van der Waals surface area contributed by atoms with Gasteiger partial charge in [0.15, 0.2) is 0 Å². The number of hydrogen-bond donors (Lipinski definition) is 1. The van der Waals surface area contributed by atoms with Crippen molar-refractivity contribution >= 4 is 11.6 Å². The fourth-order valence-electron chi connectivity index (χ4n) is 3.27. The first-order chi connectivity index (χ1) is 9.51. The molecule has 0 heterocycles. The van der Waals surface area contributed by atoms with Crippen LogP contribution in [0.4, 0.5) is 0 Å². The lowest BCUT2D eigenvalue weighted by atomic mass is 9.80. The molecule has 1 atom stereocenters. The van der Waals surface area contributed by atoms with Crippen LogP contribution in [0.1, 0.15) is 39.2 Å². The highest BCUT2D eigenvalue weighted by Crippen LogP contribution is 2.29. The maximum Gasteiger partial charge on any atom is 0.0438 e. The zero-order chi connectivity index (χ0) is 15.2. The monoisotopic (exact) mass is 296 g/mol. The molecule has 1 N–H and O–H groups in total. The van der Waals surface area contributed by atoms with Crippen molar-refractivity contribution in [3.63, 3.8) is 0 Å². The lowest BCUT2D eigenvalue weighted by molar-refractivity contribution is 0.0889. The highest BCUT2D eigenvalue weighted by Gasteiger charge is 2.37. The van der Waals surface area contributed by atoms with E-state index in [1.807, 2.05) is 12.1 Å². The van der Waals surface area contributed by atoms with Gasteiger partial charge >= 0.3 is 0 Å². The normalized spacial score (nSPS) is 13.8. The molecule has 0 fully saturated rings. The third-order valence-electron chi connectivity index (χ3n) is 4.60. The molecule has 0 aliphatic heterocycles. The fourth-order valence-corrected chi connectivity index (χ4v) is 3.48. The van der Waals surface area contributed by atoms with Crippen molar-refractivity contribution in [3.05, 3.63) is 34.9 Å². The summed E-state index contributed by atoms with van der Waals surface area (Å²) in [5.74, 6) is 0. The average molecular weight is 297 g/mol. The minimum atomic E-state index is 0.162. The third kappa shape index (κ3) is 3.75. The number of likely N-dealkylation sites (N-methyl/N-ethyl adjacent to an activating group) is 2. The van der Waals surface area contributed by atoms with Crippen molar-refractivity contribution < 1.29 is 0 Å². The molecule has 2 nitrogen and oxygen atoms in total. The number of nitrogens with one attached hydrogen (secondary N) is 1. The molecule has 0 spiro atoms. The van der Waals surface area contributed by atoms with Crippen molar-refractivity contribution in [2.24, 2.45) is 0 Å². The van der Waals surface area contributed by atoms with Crippen LogP contribution in [0.3, 0.4) is 0 Å². The van der Waals surface area contributed by atoms with Gasteiger partial charge in [-0.2, -0.15) is 0 Å². The van der Waals surface area contributed by atoms with Crippen LogP contribution < -0.4 is 5.32 Å². The molecule has 0 bridgehead atoms. The van der Waals surface area contributed by atoms with E-state index in [2.05, 4.69) is 57.2 Å². The molecular weight excluding hydrogens is 268 g/mol. The number of rotatable bonds is 8. The molecule has 1 unspecified atom stereocenters. The summed E-state index contributed by atoms with van der Waals surface area (Å²) in [5, 5.41) is 4.55. The second-order valence-electron chi connectivity index (χ2n) is 5.61. The number of halogens is 1. The lowest BCUT2D eigenvalue weighted by Crippen LogP contribution is -2.59. The summed E-state index contributed by atoms with van der Waals surface area (Å²) < 4.78 is 0. The predicted octanol–water partition coefficient (Wildman–Crippen LogP) is 3.98. The van der Waals surface area contributed by atoms with Crippen molar-refractivity contribution in [1.29, 1.82) is 0 Å². The zero-order valence-electron chi connectivity index (χ0n) is 13.5. The largest absolute Gasteiger partial charge is 0.312 e. The fraction of sp³-hybridized carbons (Fsp3) is 0.647. The maximum atomic E-state index is 6.34. The molecule has 114 valence electrons. The van der Waals surface area contributed by atoms with E-state index in [1.165, 1.54) is 5.56 Å². The SMILES string of the molecule is CCNC(Cc1ccccc1Cl)C(CC)(CC)N(C)C. The molecule has 0 saturated heterocycles. The van der Waals surface area contributed by atoms with Gasteiger partial charge in [-0.1, -0.05) is 50.6 Å². The van der Waals surface area contributed by atoms with Gasteiger partial charge in [0.1, 0.15) is 0 Å². The highest BCUT2D eigenvalue weighted by atomic mass is 35.5. The Hall–Kier alpha value is -0.570. The van der Waals surface area contributed by atoms with Crippen LogP contribution in [0.25, 0.3) is 0 Å². The molecule has 1 aromatic rings. The number of benzene rings is 1. The Balaban J connectivity index is 3.06. The first-order valence-electron chi connectivity index (χ1n) is 7.66. The van der Waals surface area contributed by atoms with Crippen LogP contribution in [-0.4, -0.2) is 37.1 Å². The van der Waals surface area contributed by atoms with E-state index in [-0.39, 0.29) is 5.54 Å². The van der Waals surface area contributed by atoms with Crippen molar-refractivity contribution in [1.82, 2.24) is 10.2 Å². The highest BCUT2D eigenvalue weighted by molar-refractivity contribution is 6.31. The quantitative estimate of drug-likeness (QED) is 0.780. The van der Waals surface area contributed by atoms with E-state index in [1.54, 1.807) is 0 Å². The lowest BCUT2D eigenvalue weighted by Gasteiger charge is -2.45. The van der Waals surface area contributed by atoms with Gasteiger partial charge in [-0.25, -0.2) is 0 Å². The molecule has 3 heteroatoms. The first kappa shape index (κ1) is 17.5. The molecule has 0 saturated carbocycles. The Morgan fingerprint density at radius 3 is 2.20 bits per heavy atom. The summed E-state index contributed by atoms with van der Waals surface area (Å²) in [7, 11) is 4.37. The zero-order valence-corrected chi connectivity index (χ0v) is 14.3. The summed E-state index contributed by atoms with van der Waals surface area (Å²) in [6.07, 6.45) is 3.21. The number of hydrogen-bond acceptors (Lipinski definition) is 2. The summed E-state index contributed by atoms with van der Waals surface area (Å²) in [6, 6.07) is 8.58. The molecule has 0 aliphatic carbocycles. The maximum absolute atomic E-state index is 6.34. The molecule has 1 aromatic carbocycles. The van der Waals surface area contributed by atoms with Crippen LogP contribution in [-0.2, 0) is 6.42 Å². The predicted molar refractivity (Wildman–Crippen MR) is 89.6 cm³/mol. The Bertz CT molecular complexity index is 400. The summed E-state index contributed by atoms with van der Waals surface area (Å²) in [5.41, 5.74) is 1.39. The van der Waals surface area contributed by atoms with Crippen molar-refractivity contribution in [2.45, 2.75) is 51.6 Å². The molecule has 0 amide bonds. The van der Waals surface area contributed by atoms with Crippen LogP contribution in [0.15, 0.2) is 24.3 Å². The minimum Gasteiger partial charge on any atom is -0.312 e. The van der Waals surface area contributed by atoms with E-state index in [4.69, 9.17) is 11.6 Å². The summed E-state index contributed by atoms with van der Waals surface area (Å²) in [6.45, 7) is 7.71. The standard InChI is InChI=1S/C17H29ClN2/c1-6-17(7-2,20(4)5)16(19-8-3)13-14-11-9-10-12-15(14)18/h9-12,16,19H,6-8,13H2,1-5H3. The van der Waals surface area contributed by atoms with Gasteiger partial charge in [0.25, 0.3) is 0 Å². The Labute approximate surface area is 129 Å². The van der Waals surface area contributed by atoms with E-state index >= 15 is 0 Å².